The second-order valence-corrected chi connectivity index (χ2v) is 5.55. The van der Waals surface area contributed by atoms with Crippen molar-refractivity contribution in [3.63, 3.8) is 0 Å². The van der Waals surface area contributed by atoms with Gasteiger partial charge >= 0.3 is 0 Å². The van der Waals surface area contributed by atoms with Crippen molar-refractivity contribution in [2.24, 2.45) is 5.18 Å². The van der Waals surface area contributed by atoms with E-state index in [0.29, 0.717) is 5.75 Å². The smallest absolute Gasteiger partial charge is 0.228 e. The third-order valence-corrected chi connectivity index (χ3v) is 3.86. The van der Waals surface area contributed by atoms with Gasteiger partial charge in [0, 0.05) is 0 Å². The predicted octanol–water partition coefficient (Wildman–Crippen LogP) is 1.65. The molecule has 4 atom stereocenters. The Morgan fingerprint density at radius 2 is 1.83 bits per heavy atom. The summed E-state index contributed by atoms with van der Waals surface area (Å²) < 4.78 is 10.7. The Labute approximate surface area is 138 Å². The highest BCUT2D eigenvalue weighted by atomic mass is 16.7. The monoisotopic (exact) mass is 331 g/mol. The summed E-state index contributed by atoms with van der Waals surface area (Å²) in [5, 5.41) is 31.8. The molecule has 1 fully saturated rings. The number of benzene rings is 2. The van der Waals surface area contributed by atoms with E-state index in [1.165, 1.54) is 0 Å². The van der Waals surface area contributed by atoms with Crippen LogP contribution in [0.25, 0.3) is 11.1 Å². The second kappa shape index (κ2) is 6.96. The first-order chi connectivity index (χ1) is 11.6. The minimum Gasteiger partial charge on any atom is -0.508 e. The third-order valence-electron chi connectivity index (χ3n) is 3.86. The van der Waals surface area contributed by atoms with Gasteiger partial charge in [0.2, 0.25) is 6.29 Å². The van der Waals surface area contributed by atoms with Gasteiger partial charge in [0.05, 0.1) is 6.61 Å². The molecule has 0 spiro atoms. The van der Waals surface area contributed by atoms with Crippen molar-refractivity contribution in [3.8, 4) is 22.6 Å². The van der Waals surface area contributed by atoms with Gasteiger partial charge in [0.25, 0.3) is 0 Å². The van der Waals surface area contributed by atoms with Crippen LogP contribution in [0, 0.1) is 4.91 Å². The minimum absolute atomic E-state index is 0.139. The van der Waals surface area contributed by atoms with Gasteiger partial charge in [-0.2, -0.15) is 4.91 Å². The van der Waals surface area contributed by atoms with E-state index in [4.69, 9.17) is 9.47 Å². The van der Waals surface area contributed by atoms with Crippen LogP contribution >= 0.6 is 0 Å². The van der Waals surface area contributed by atoms with Crippen molar-refractivity contribution in [2.45, 2.75) is 24.5 Å². The first-order valence-electron chi connectivity index (χ1n) is 7.45. The average molecular weight is 331 g/mol. The topological polar surface area (TPSA) is 109 Å². The molecule has 0 amide bonds. The van der Waals surface area contributed by atoms with Crippen molar-refractivity contribution in [3.05, 3.63) is 53.4 Å². The lowest BCUT2D eigenvalue weighted by molar-refractivity contribution is -0.206. The highest BCUT2D eigenvalue weighted by Gasteiger charge is 2.41. The fourth-order valence-electron chi connectivity index (χ4n) is 2.56. The number of aliphatic hydroxyl groups is 2. The molecule has 3 rings (SSSR count). The molecular weight excluding hydrogens is 314 g/mol. The molecule has 0 radical (unpaired) electrons. The van der Waals surface area contributed by atoms with Gasteiger partial charge in [0.15, 0.2) is 6.04 Å². The molecule has 126 valence electrons. The van der Waals surface area contributed by atoms with Crippen LogP contribution in [-0.4, -0.2) is 46.5 Å². The maximum absolute atomic E-state index is 10.7. The van der Waals surface area contributed by atoms with Crippen molar-refractivity contribution >= 4 is 0 Å². The van der Waals surface area contributed by atoms with Gasteiger partial charge < -0.3 is 24.8 Å². The fourth-order valence-corrected chi connectivity index (χ4v) is 2.56. The molecule has 7 nitrogen and oxygen atoms in total. The van der Waals surface area contributed by atoms with Gasteiger partial charge in [-0.1, -0.05) is 29.4 Å². The Kier molecular flexibility index (Phi) is 4.75. The summed E-state index contributed by atoms with van der Waals surface area (Å²) in [5.41, 5.74) is 1.73. The Bertz CT molecular complexity index is 704. The molecular formula is C17H17NO6. The summed E-state index contributed by atoms with van der Waals surface area (Å²) in [4.78, 5) is 10.7. The molecule has 2 aromatic carbocycles. The maximum Gasteiger partial charge on any atom is 0.228 e. The zero-order valence-electron chi connectivity index (χ0n) is 12.6. The number of phenolic OH excluding ortho intramolecular Hbond substituents is 1. The summed E-state index contributed by atoms with van der Waals surface area (Å²) in [5.74, 6) is 0.613. The van der Waals surface area contributed by atoms with Crippen molar-refractivity contribution in [1.29, 1.82) is 0 Å². The number of ether oxygens (including phenoxy) is 2. The first kappa shape index (κ1) is 16.4. The van der Waals surface area contributed by atoms with E-state index in [2.05, 4.69) is 5.18 Å². The number of hydrogen-bond acceptors (Lipinski definition) is 7. The molecule has 1 saturated heterocycles. The Hall–Kier alpha value is -2.48. The van der Waals surface area contributed by atoms with Gasteiger partial charge in [-0.15, -0.1) is 0 Å². The number of aliphatic hydroxyl groups excluding tert-OH is 2. The average Bonchev–Trinajstić information content (AvgIpc) is 2.59. The van der Waals surface area contributed by atoms with Crippen LogP contribution < -0.4 is 4.74 Å². The SMILES string of the molecule is O=N[C@H]1C(O)COC(Oc2ccc(-c3cccc(O)c3)cc2)C1O. The fraction of sp³-hybridized carbons (Fsp3) is 0.294. The Morgan fingerprint density at radius 1 is 1.08 bits per heavy atom. The van der Waals surface area contributed by atoms with Crippen LogP contribution in [0.4, 0.5) is 0 Å². The van der Waals surface area contributed by atoms with Crippen molar-refractivity contribution in [2.75, 3.05) is 6.61 Å². The molecule has 1 heterocycles. The minimum atomic E-state index is -1.35. The molecule has 0 saturated carbocycles. The second-order valence-electron chi connectivity index (χ2n) is 5.55. The molecule has 0 aromatic heterocycles. The highest BCUT2D eigenvalue weighted by molar-refractivity contribution is 5.65. The van der Waals surface area contributed by atoms with E-state index < -0.39 is 24.5 Å². The first-order valence-corrected chi connectivity index (χ1v) is 7.45. The molecule has 3 N–H and O–H groups in total. The lowest BCUT2D eigenvalue weighted by Crippen LogP contribution is -2.53. The zero-order chi connectivity index (χ0) is 17.1. The maximum atomic E-state index is 10.7. The predicted molar refractivity (Wildman–Crippen MR) is 85.5 cm³/mol. The van der Waals surface area contributed by atoms with E-state index in [-0.39, 0.29) is 12.4 Å². The number of aromatic hydroxyl groups is 1. The molecule has 1 aliphatic heterocycles. The van der Waals surface area contributed by atoms with E-state index in [1.807, 2.05) is 6.07 Å². The summed E-state index contributed by atoms with van der Waals surface area (Å²) in [7, 11) is 0. The number of rotatable bonds is 4. The molecule has 7 heteroatoms. The van der Waals surface area contributed by atoms with Crippen LogP contribution in [-0.2, 0) is 4.74 Å². The van der Waals surface area contributed by atoms with Crippen LogP contribution in [0.5, 0.6) is 11.5 Å². The van der Waals surface area contributed by atoms with Crippen LogP contribution in [0.3, 0.4) is 0 Å². The zero-order valence-corrected chi connectivity index (χ0v) is 12.6. The third kappa shape index (κ3) is 3.38. The molecule has 0 aliphatic carbocycles. The van der Waals surface area contributed by atoms with Gasteiger partial charge in [0.1, 0.15) is 23.7 Å². The number of nitrogens with zero attached hydrogens (tertiary/aromatic N) is 1. The molecule has 24 heavy (non-hydrogen) atoms. The number of hydrogen-bond donors (Lipinski definition) is 3. The lowest BCUT2D eigenvalue weighted by atomic mass is 10.0. The Balaban J connectivity index is 1.71. The van der Waals surface area contributed by atoms with Gasteiger partial charge in [-0.05, 0) is 35.4 Å². The summed E-state index contributed by atoms with van der Waals surface area (Å²) in [6.45, 7) is -0.139. The number of nitroso groups, excluding NO2 is 1. The van der Waals surface area contributed by atoms with Crippen LogP contribution in [0.1, 0.15) is 0 Å². The molecule has 2 aromatic rings. The summed E-state index contributed by atoms with van der Waals surface area (Å²) in [6, 6.07) is 12.6. The van der Waals surface area contributed by atoms with E-state index in [1.54, 1.807) is 42.5 Å². The summed E-state index contributed by atoms with van der Waals surface area (Å²) >= 11 is 0. The largest absolute Gasteiger partial charge is 0.508 e. The summed E-state index contributed by atoms with van der Waals surface area (Å²) in [6.07, 6.45) is -3.58. The molecule has 0 bridgehead atoms. The van der Waals surface area contributed by atoms with Crippen LogP contribution in [0.2, 0.25) is 0 Å². The normalized spacial score (nSPS) is 26.8. The highest BCUT2D eigenvalue weighted by Crippen LogP contribution is 2.27. The van der Waals surface area contributed by atoms with Crippen molar-refractivity contribution in [1.82, 2.24) is 0 Å². The quantitative estimate of drug-likeness (QED) is 0.735. The molecule has 1 aliphatic rings. The van der Waals surface area contributed by atoms with E-state index in [0.717, 1.165) is 11.1 Å². The van der Waals surface area contributed by atoms with Crippen molar-refractivity contribution < 1.29 is 24.8 Å². The van der Waals surface area contributed by atoms with E-state index in [9.17, 15) is 20.2 Å². The van der Waals surface area contributed by atoms with E-state index >= 15 is 0 Å². The molecule has 3 unspecified atom stereocenters. The Morgan fingerprint density at radius 3 is 2.50 bits per heavy atom. The number of phenols is 1. The van der Waals surface area contributed by atoms with Gasteiger partial charge in [-0.3, -0.25) is 0 Å². The van der Waals surface area contributed by atoms with Gasteiger partial charge in [-0.25, -0.2) is 0 Å². The lowest BCUT2D eigenvalue weighted by Gasteiger charge is -2.34. The standard InChI is InChI=1S/C17H17NO6/c19-12-3-1-2-11(8-12)10-4-6-13(7-5-10)24-17-16(21)15(18-22)14(20)9-23-17/h1-8,14-17,19-21H,9H2/t14?,15-,16?,17?/m0/s1. The van der Waals surface area contributed by atoms with Crippen LogP contribution in [0.15, 0.2) is 53.7 Å².